The van der Waals surface area contributed by atoms with Crippen LogP contribution in [0, 0.1) is 0 Å². The molecule has 0 unspecified atom stereocenters. The lowest BCUT2D eigenvalue weighted by Gasteiger charge is -2.15. The molecule has 10 nitrogen and oxygen atoms in total. The van der Waals surface area contributed by atoms with Crippen LogP contribution in [0.4, 0.5) is 0 Å². The number of nitrogens with two attached hydrogens (primary N) is 1. The molecule has 174 valence electrons. The van der Waals surface area contributed by atoms with Gasteiger partial charge in [0.1, 0.15) is 6.61 Å². The third-order valence-electron chi connectivity index (χ3n) is 5.49. The van der Waals surface area contributed by atoms with Crippen molar-refractivity contribution in [2.45, 2.75) is 37.3 Å². The molecular formula is C22H23N3O7S. The molecule has 1 amide bonds. The molecule has 3 aromatic rings. The van der Waals surface area contributed by atoms with Gasteiger partial charge in [-0.15, -0.1) is 0 Å². The molecular weight excluding hydrogens is 450 g/mol. The first kappa shape index (κ1) is 22.7. The lowest BCUT2D eigenvalue weighted by Crippen LogP contribution is -2.27. The maximum absolute atomic E-state index is 12.7. The van der Waals surface area contributed by atoms with Gasteiger partial charge in [0.15, 0.2) is 5.58 Å². The summed E-state index contributed by atoms with van der Waals surface area (Å²) < 4.78 is 38.6. The van der Waals surface area contributed by atoms with Crippen molar-refractivity contribution in [1.82, 2.24) is 8.87 Å². The SMILES string of the molecule is NC(=O)c1cccc(COC(=O)CCn2c(=O)oc3cc(S(=O)(=O)N4CCCC4)ccc32)c1. The second-order valence-electron chi connectivity index (χ2n) is 7.74. The summed E-state index contributed by atoms with van der Waals surface area (Å²) in [5.41, 5.74) is 6.69. The molecule has 2 heterocycles. The van der Waals surface area contributed by atoms with E-state index in [0.717, 1.165) is 12.8 Å². The lowest BCUT2D eigenvalue weighted by atomic mass is 10.1. The molecule has 11 heteroatoms. The van der Waals surface area contributed by atoms with Crippen molar-refractivity contribution in [3.05, 3.63) is 64.1 Å². The molecule has 0 aliphatic carbocycles. The van der Waals surface area contributed by atoms with Crippen LogP contribution >= 0.6 is 0 Å². The van der Waals surface area contributed by atoms with Gasteiger partial charge in [-0.2, -0.15) is 4.31 Å². The smallest absolute Gasteiger partial charge is 0.419 e. The Morgan fingerprint density at radius 1 is 1.09 bits per heavy atom. The number of rotatable bonds is 8. The predicted octanol–water partition coefficient (Wildman–Crippen LogP) is 1.61. The minimum atomic E-state index is -3.64. The van der Waals surface area contributed by atoms with Crippen LogP contribution in [0.2, 0.25) is 0 Å². The minimum Gasteiger partial charge on any atom is -0.461 e. The van der Waals surface area contributed by atoms with E-state index < -0.39 is 27.7 Å². The number of sulfonamides is 1. The summed E-state index contributed by atoms with van der Waals surface area (Å²) in [6.07, 6.45) is 1.54. The average molecular weight is 474 g/mol. The Morgan fingerprint density at radius 2 is 1.85 bits per heavy atom. The van der Waals surface area contributed by atoms with Crippen molar-refractivity contribution in [3.8, 4) is 0 Å². The van der Waals surface area contributed by atoms with Gasteiger partial charge in [0.2, 0.25) is 15.9 Å². The highest BCUT2D eigenvalue weighted by atomic mass is 32.2. The number of carbonyl (C=O) groups is 2. The third kappa shape index (κ3) is 4.83. The van der Waals surface area contributed by atoms with Gasteiger partial charge in [0.25, 0.3) is 0 Å². The van der Waals surface area contributed by atoms with Crippen molar-refractivity contribution in [3.63, 3.8) is 0 Å². The lowest BCUT2D eigenvalue weighted by molar-refractivity contribution is -0.145. The molecule has 0 saturated carbocycles. The molecule has 1 aliphatic rings. The largest absolute Gasteiger partial charge is 0.461 e. The summed E-state index contributed by atoms with van der Waals surface area (Å²) in [6, 6.07) is 10.7. The van der Waals surface area contributed by atoms with Gasteiger partial charge in [-0.1, -0.05) is 12.1 Å². The fourth-order valence-electron chi connectivity index (χ4n) is 3.75. The van der Waals surface area contributed by atoms with E-state index in [9.17, 15) is 22.8 Å². The number of esters is 1. The van der Waals surface area contributed by atoms with E-state index in [1.54, 1.807) is 18.2 Å². The summed E-state index contributed by atoms with van der Waals surface area (Å²) in [5, 5.41) is 0. The Balaban J connectivity index is 1.43. The van der Waals surface area contributed by atoms with Crippen molar-refractivity contribution < 1.29 is 27.2 Å². The number of hydrogen-bond donors (Lipinski definition) is 1. The van der Waals surface area contributed by atoms with Gasteiger partial charge < -0.3 is 14.9 Å². The number of amides is 1. The number of hydrogen-bond acceptors (Lipinski definition) is 7. The minimum absolute atomic E-state index is 0.00418. The molecule has 0 radical (unpaired) electrons. The van der Waals surface area contributed by atoms with E-state index >= 15 is 0 Å². The van der Waals surface area contributed by atoms with Gasteiger partial charge in [0, 0.05) is 31.3 Å². The molecule has 1 aliphatic heterocycles. The van der Waals surface area contributed by atoms with Crippen LogP contribution in [0.15, 0.2) is 56.6 Å². The molecule has 1 fully saturated rings. The number of nitrogens with zero attached hydrogens (tertiary/aromatic N) is 2. The first-order valence-electron chi connectivity index (χ1n) is 10.4. The van der Waals surface area contributed by atoms with Crippen molar-refractivity contribution in [2.24, 2.45) is 5.73 Å². The van der Waals surface area contributed by atoms with Crippen molar-refractivity contribution >= 4 is 33.0 Å². The second kappa shape index (κ2) is 9.20. The summed E-state index contributed by atoms with van der Waals surface area (Å²) in [4.78, 5) is 35.8. The van der Waals surface area contributed by atoms with Crippen LogP contribution in [0.5, 0.6) is 0 Å². The first-order chi connectivity index (χ1) is 15.8. The monoisotopic (exact) mass is 473 g/mol. The quantitative estimate of drug-likeness (QED) is 0.490. The number of fused-ring (bicyclic) bond motifs is 1. The Bertz CT molecular complexity index is 1370. The molecule has 0 bridgehead atoms. The number of primary amides is 1. The van der Waals surface area contributed by atoms with E-state index in [2.05, 4.69) is 0 Å². The highest BCUT2D eigenvalue weighted by molar-refractivity contribution is 7.89. The summed E-state index contributed by atoms with van der Waals surface area (Å²) in [5.74, 6) is -1.82. The number of aromatic nitrogens is 1. The topological polar surface area (TPSA) is 142 Å². The Morgan fingerprint density at radius 3 is 2.58 bits per heavy atom. The number of oxazole rings is 1. The first-order valence-corrected chi connectivity index (χ1v) is 11.9. The summed E-state index contributed by atoms with van der Waals surface area (Å²) in [6.45, 7) is 0.906. The Labute approximate surface area is 189 Å². The average Bonchev–Trinajstić information content (AvgIpc) is 3.44. The van der Waals surface area contributed by atoms with Crippen LogP contribution < -0.4 is 11.5 Å². The van der Waals surface area contributed by atoms with Gasteiger partial charge >= 0.3 is 11.7 Å². The molecule has 2 aromatic carbocycles. The predicted molar refractivity (Wildman–Crippen MR) is 118 cm³/mol. The zero-order chi connectivity index (χ0) is 23.6. The number of carbonyl (C=O) groups excluding carboxylic acids is 2. The third-order valence-corrected chi connectivity index (χ3v) is 7.39. The van der Waals surface area contributed by atoms with Crippen molar-refractivity contribution in [1.29, 1.82) is 0 Å². The van der Waals surface area contributed by atoms with Gasteiger partial charge in [0.05, 0.1) is 16.8 Å². The fraction of sp³-hybridized carbons (Fsp3) is 0.318. The van der Waals surface area contributed by atoms with Crippen LogP contribution in [-0.2, 0) is 32.7 Å². The highest BCUT2D eigenvalue weighted by Crippen LogP contribution is 2.24. The molecule has 1 aromatic heterocycles. The number of ether oxygens (including phenoxy) is 1. The van der Waals surface area contributed by atoms with Crippen molar-refractivity contribution in [2.75, 3.05) is 13.1 Å². The molecule has 1 saturated heterocycles. The van der Waals surface area contributed by atoms with E-state index in [1.807, 2.05) is 0 Å². The van der Waals surface area contributed by atoms with Crippen LogP contribution in [-0.4, -0.2) is 42.3 Å². The molecule has 2 N–H and O–H groups in total. The Kier molecular flexibility index (Phi) is 6.34. The fourth-order valence-corrected chi connectivity index (χ4v) is 5.28. The van der Waals surface area contributed by atoms with Gasteiger partial charge in [-0.3, -0.25) is 14.2 Å². The summed E-state index contributed by atoms with van der Waals surface area (Å²) >= 11 is 0. The standard InChI is InChI=1S/C22H23N3O7S/c23-21(27)16-5-3-4-15(12-16)14-31-20(26)8-11-25-18-7-6-17(13-19(18)32-22(25)28)33(29,30)24-9-1-2-10-24/h3-7,12-13H,1-2,8-11,14H2,(H2,23,27). The van der Waals surface area contributed by atoms with E-state index in [0.29, 0.717) is 29.7 Å². The zero-order valence-electron chi connectivity index (χ0n) is 17.7. The second-order valence-corrected chi connectivity index (χ2v) is 9.67. The number of benzene rings is 2. The summed E-state index contributed by atoms with van der Waals surface area (Å²) in [7, 11) is -3.64. The Hall–Kier alpha value is -3.44. The van der Waals surface area contributed by atoms with Crippen LogP contribution in [0.3, 0.4) is 0 Å². The molecule has 4 rings (SSSR count). The molecule has 33 heavy (non-hydrogen) atoms. The van der Waals surface area contributed by atoms with Crippen LogP contribution in [0.25, 0.3) is 11.1 Å². The normalized spacial score (nSPS) is 14.5. The molecule has 0 spiro atoms. The maximum atomic E-state index is 12.7. The van der Waals surface area contributed by atoms with Gasteiger partial charge in [-0.25, -0.2) is 13.2 Å². The van der Waals surface area contributed by atoms with E-state index in [4.69, 9.17) is 14.9 Å². The van der Waals surface area contributed by atoms with E-state index in [1.165, 1.54) is 33.1 Å². The maximum Gasteiger partial charge on any atom is 0.419 e. The highest BCUT2D eigenvalue weighted by Gasteiger charge is 2.28. The molecule has 0 atom stereocenters. The zero-order valence-corrected chi connectivity index (χ0v) is 18.5. The van der Waals surface area contributed by atoms with E-state index in [-0.39, 0.29) is 30.1 Å². The van der Waals surface area contributed by atoms with Crippen LogP contribution in [0.1, 0.15) is 35.2 Å². The van der Waals surface area contributed by atoms with Gasteiger partial charge in [-0.05, 0) is 42.7 Å². The number of aryl methyl sites for hydroxylation is 1.